The molecular formula is C12H14N2O3. The van der Waals surface area contributed by atoms with E-state index >= 15 is 0 Å². The van der Waals surface area contributed by atoms with Crippen molar-refractivity contribution in [1.82, 2.24) is 5.32 Å². The van der Waals surface area contributed by atoms with Gasteiger partial charge in [0, 0.05) is 12.6 Å². The average Bonchev–Trinajstić information content (AvgIpc) is 2.28. The molecule has 0 aliphatic heterocycles. The molecule has 5 heteroatoms. The largest absolute Gasteiger partial charge is 0.351 e. The molecule has 1 rings (SSSR count). The Hall–Kier alpha value is -2.17. The van der Waals surface area contributed by atoms with Crippen LogP contribution in [0.25, 0.3) is 0 Å². The van der Waals surface area contributed by atoms with E-state index in [-0.39, 0.29) is 11.3 Å². The molecule has 0 radical (unpaired) electrons. The number of carbonyl (C=O) groups excluding carboxylic acids is 1. The lowest BCUT2D eigenvalue weighted by atomic mass is 10.1. The van der Waals surface area contributed by atoms with Crippen molar-refractivity contribution in [3.8, 4) is 0 Å². The maximum absolute atomic E-state index is 11.8. The minimum Gasteiger partial charge on any atom is -0.351 e. The van der Waals surface area contributed by atoms with Crippen molar-refractivity contribution in [1.29, 1.82) is 0 Å². The Bertz CT molecular complexity index is 455. The summed E-state index contributed by atoms with van der Waals surface area (Å²) in [6, 6.07) is 4.57. The maximum atomic E-state index is 11.8. The number of nitrogens with zero attached hydrogens (tertiary/aromatic N) is 1. The van der Waals surface area contributed by atoms with Crippen LogP contribution in [0.4, 0.5) is 5.69 Å². The summed E-state index contributed by atoms with van der Waals surface area (Å²) in [6.07, 6.45) is 2.30. The molecule has 0 saturated heterocycles. The van der Waals surface area contributed by atoms with Crippen LogP contribution in [0.15, 0.2) is 30.9 Å². The van der Waals surface area contributed by atoms with Crippen LogP contribution in [-0.4, -0.2) is 17.4 Å². The van der Waals surface area contributed by atoms with Gasteiger partial charge in [0.1, 0.15) is 5.56 Å². The predicted octanol–water partition coefficient (Wildman–Crippen LogP) is 2.21. The van der Waals surface area contributed by atoms with Crippen molar-refractivity contribution >= 4 is 11.6 Å². The van der Waals surface area contributed by atoms with Crippen LogP contribution in [0.5, 0.6) is 0 Å². The Morgan fingerprint density at radius 2 is 2.29 bits per heavy atom. The number of nitro benzene ring substituents is 1. The van der Waals surface area contributed by atoms with E-state index in [1.807, 2.05) is 0 Å². The van der Waals surface area contributed by atoms with Crippen LogP contribution in [0.3, 0.4) is 0 Å². The van der Waals surface area contributed by atoms with Crippen molar-refractivity contribution in [3.63, 3.8) is 0 Å². The molecule has 0 saturated carbocycles. The SMILES string of the molecule is C=CCCNC(=O)c1c(C)cccc1[N+](=O)[O-]. The summed E-state index contributed by atoms with van der Waals surface area (Å²) < 4.78 is 0. The maximum Gasteiger partial charge on any atom is 0.282 e. The molecule has 90 valence electrons. The van der Waals surface area contributed by atoms with Gasteiger partial charge < -0.3 is 5.32 Å². The smallest absolute Gasteiger partial charge is 0.282 e. The standard InChI is InChI=1S/C12H14N2O3/c1-3-4-8-13-12(15)11-9(2)6-5-7-10(11)14(16)17/h3,5-7H,1,4,8H2,2H3,(H,13,15). The number of hydrogen-bond donors (Lipinski definition) is 1. The minimum absolute atomic E-state index is 0.126. The number of nitrogens with one attached hydrogen (secondary N) is 1. The number of carbonyl (C=O) groups is 1. The molecule has 1 amide bonds. The van der Waals surface area contributed by atoms with Crippen LogP contribution in [0, 0.1) is 17.0 Å². The highest BCUT2D eigenvalue weighted by atomic mass is 16.6. The predicted molar refractivity (Wildman–Crippen MR) is 65.0 cm³/mol. The summed E-state index contributed by atoms with van der Waals surface area (Å²) >= 11 is 0. The first-order valence-corrected chi connectivity index (χ1v) is 5.21. The number of benzene rings is 1. The molecule has 0 unspecified atom stereocenters. The quantitative estimate of drug-likeness (QED) is 0.367. The molecule has 0 spiro atoms. The van der Waals surface area contributed by atoms with E-state index < -0.39 is 10.8 Å². The van der Waals surface area contributed by atoms with Gasteiger partial charge in [0.05, 0.1) is 4.92 Å². The number of nitro groups is 1. The van der Waals surface area contributed by atoms with E-state index in [1.54, 1.807) is 25.1 Å². The molecule has 1 N–H and O–H groups in total. The van der Waals surface area contributed by atoms with E-state index in [9.17, 15) is 14.9 Å². The van der Waals surface area contributed by atoms with Crippen LogP contribution < -0.4 is 5.32 Å². The van der Waals surface area contributed by atoms with Gasteiger partial charge in [-0.3, -0.25) is 14.9 Å². The molecule has 0 bridgehead atoms. The van der Waals surface area contributed by atoms with Gasteiger partial charge in [-0.05, 0) is 18.9 Å². The lowest BCUT2D eigenvalue weighted by molar-refractivity contribution is -0.385. The first kappa shape index (κ1) is 12.9. The molecule has 0 aromatic heterocycles. The highest BCUT2D eigenvalue weighted by Gasteiger charge is 2.21. The Morgan fingerprint density at radius 3 is 2.88 bits per heavy atom. The fraction of sp³-hybridized carbons (Fsp3) is 0.250. The molecule has 0 fully saturated rings. The van der Waals surface area contributed by atoms with Crippen molar-refractivity contribution in [3.05, 3.63) is 52.1 Å². The molecule has 1 aromatic rings. The molecule has 5 nitrogen and oxygen atoms in total. The van der Waals surface area contributed by atoms with Gasteiger partial charge in [0.15, 0.2) is 0 Å². The monoisotopic (exact) mass is 234 g/mol. The summed E-state index contributed by atoms with van der Waals surface area (Å²) in [5.74, 6) is -0.420. The first-order chi connectivity index (χ1) is 8.07. The van der Waals surface area contributed by atoms with Gasteiger partial charge in [-0.1, -0.05) is 18.2 Å². The van der Waals surface area contributed by atoms with Gasteiger partial charge >= 0.3 is 0 Å². The zero-order chi connectivity index (χ0) is 12.8. The molecule has 0 heterocycles. The van der Waals surface area contributed by atoms with Crippen LogP contribution >= 0.6 is 0 Å². The lowest BCUT2D eigenvalue weighted by Crippen LogP contribution is -2.25. The van der Waals surface area contributed by atoms with Crippen LogP contribution in [0.2, 0.25) is 0 Å². The van der Waals surface area contributed by atoms with Gasteiger partial charge in [-0.15, -0.1) is 6.58 Å². The van der Waals surface area contributed by atoms with Gasteiger partial charge in [-0.2, -0.15) is 0 Å². The average molecular weight is 234 g/mol. The zero-order valence-electron chi connectivity index (χ0n) is 9.60. The van der Waals surface area contributed by atoms with E-state index in [4.69, 9.17) is 0 Å². The molecule has 0 aliphatic carbocycles. The van der Waals surface area contributed by atoms with Crippen LogP contribution in [0.1, 0.15) is 22.3 Å². The number of aryl methyl sites for hydroxylation is 1. The lowest BCUT2D eigenvalue weighted by Gasteiger charge is -2.07. The van der Waals surface area contributed by atoms with Crippen molar-refractivity contribution in [2.75, 3.05) is 6.54 Å². The Morgan fingerprint density at radius 1 is 1.59 bits per heavy atom. The van der Waals surface area contributed by atoms with Crippen LogP contribution in [-0.2, 0) is 0 Å². The summed E-state index contributed by atoms with van der Waals surface area (Å²) in [5, 5.41) is 13.4. The zero-order valence-corrected chi connectivity index (χ0v) is 9.60. The van der Waals surface area contributed by atoms with E-state index in [0.717, 1.165) is 0 Å². The summed E-state index contributed by atoms with van der Waals surface area (Å²) in [4.78, 5) is 22.1. The topological polar surface area (TPSA) is 72.2 Å². The van der Waals surface area contributed by atoms with Gasteiger partial charge in [0.25, 0.3) is 11.6 Å². The minimum atomic E-state index is -0.546. The number of rotatable bonds is 5. The Balaban J connectivity index is 2.99. The van der Waals surface area contributed by atoms with Crippen molar-refractivity contribution < 1.29 is 9.72 Å². The third-order valence-electron chi connectivity index (χ3n) is 2.31. The molecule has 0 atom stereocenters. The molecule has 0 aliphatic rings. The van der Waals surface area contributed by atoms with E-state index in [0.29, 0.717) is 18.5 Å². The second-order valence-corrected chi connectivity index (χ2v) is 3.56. The summed E-state index contributed by atoms with van der Waals surface area (Å²) in [7, 11) is 0. The van der Waals surface area contributed by atoms with E-state index in [1.165, 1.54) is 6.07 Å². The Labute approximate surface area is 99.3 Å². The fourth-order valence-corrected chi connectivity index (χ4v) is 1.48. The van der Waals surface area contributed by atoms with Gasteiger partial charge in [-0.25, -0.2) is 0 Å². The second kappa shape index (κ2) is 5.79. The van der Waals surface area contributed by atoms with Gasteiger partial charge in [0.2, 0.25) is 0 Å². The van der Waals surface area contributed by atoms with E-state index in [2.05, 4.69) is 11.9 Å². The second-order valence-electron chi connectivity index (χ2n) is 3.56. The third-order valence-corrected chi connectivity index (χ3v) is 2.31. The molecule has 1 aromatic carbocycles. The Kier molecular flexibility index (Phi) is 4.39. The highest BCUT2D eigenvalue weighted by Crippen LogP contribution is 2.21. The third kappa shape index (κ3) is 3.14. The first-order valence-electron chi connectivity index (χ1n) is 5.21. The summed E-state index contributed by atoms with van der Waals surface area (Å²) in [6.45, 7) is 5.63. The number of hydrogen-bond acceptors (Lipinski definition) is 3. The normalized spacial score (nSPS) is 9.71. The molecule has 17 heavy (non-hydrogen) atoms. The molecular weight excluding hydrogens is 220 g/mol. The number of amides is 1. The highest BCUT2D eigenvalue weighted by molar-refractivity contribution is 5.99. The van der Waals surface area contributed by atoms with Crippen molar-refractivity contribution in [2.24, 2.45) is 0 Å². The summed E-state index contributed by atoms with van der Waals surface area (Å²) in [5.41, 5.74) is 0.554. The fourth-order valence-electron chi connectivity index (χ4n) is 1.48. The van der Waals surface area contributed by atoms with Crippen molar-refractivity contribution in [2.45, 2.75) is 13.3 Å².